The molecule has 0 aliphatic heterocycles. The van der Waals surface area contributed by atoms with Crippen LogP contribution in [0.4, 0.5) is 0 Å². The van der Waals surface area contributed by atoms with Gasteiger partial charge < -0.3 is 9.47 Å². The highest BCUT2D eigenvalue weighted by Gasteiger charge is 1.97. The van der Waals surface area contributed by atoms with Gasteiger partial charge in [0.15, 0.2) is 5.01 Å². The number of methoxy groups -OCH3 is 1. The number of hydrogen-bond donors (Lipinski definition) is 0. The average Bonchev–Trinajstić information content (AvgIpc) is 2.05. The van der Waals surface area contributed by atoms with E-state index in [0.717, 1.165) is 11.5 Å². The summed E-state index contributed by atoms with van der Waals surface area (Å²) in [7, 11) is 1.64. The second-order valence-corrected chi connectivity index (χ2v) is 3.63. The van der Waals surface area contributed by atoms with Crippen LogP contribution in [0.2, 0.25) is 0 Å². The van der Waals surface area contributed by atoms with Crippen LogP contribution in [-0.4, -0.2) is 12.1 Å². The SMILES string of the molecule is COc1ccc(OC(C)Br)cc1. The van der Waals surface area contributed by atoms with E-state index in [0.29, 0.717) is 0 Å². The van der Waals surface area contributed by atoms with E-state index in [1.165, 1.54) is 0 Å². The maximum Gasteiger partial charge on any atom is 0.150 e. The van der Waals surface area contributed by atoms with Gasteiger partial charge in [0, 0.05) is 0 Å². The first-order chi connectivity index (χ1) is 5.72. The molecule has 3 heteroatoms. The molecule has 0 saturated carbocycles. The van der Waals surface area contributed by atoms with Crippen molar-refractivity contribution < 1.29 is 9.47 Å². The Balaban J connectivity index is 2.65. The van der Waals surface area contributed by atoms with Gasteiger partial charge in [0.25, 0.3) is 0 Å². The molecule has 1 unspecified atom stereocenters. The molecule has 1 aromatic rings. The highest BCUT2D eigenvalue weighted by molar-refractivity contribution is 9.09. The van der Waals surface area contributed by atoms with Gasteiger partial charge in [0.1, 0.15) is 11.5 Å². The number of benzene rings is 1. The summed E-state index contributed by atoms with van der Waals surface area (Å²) in [5.41, 5.74) is 0. The summed E-state index contributed by atoms with van der Waals surface area (Å²) in [6.07, 6.45) is 0. The Kier molecular flexibility index (Phi) is 3.41. The van der Waals surface area contributed by atoms with Gasteiger partial charge in [-0.15, -0.1) is 0 Å². The summed E-state index contributed by atoms with van der Waals surface area (Å²) < 4.78 is 10.4. The summed E-state index contributed by atoms with van der Waals surface area (Å²) in [6.45, 7) is 1.92. The Morgan fingerprint density at radius 2 is 1.67 bits per heavy atom. The van der Waals surface area contributed by atoms with Gasteiger partial charge in [0.05, 0.1) is 7.11 Å². The predicted octanol–water partition coefficient (Wildman–Crippen LogP) is 2.81. The van der Waals surface area contributed by atoms with Crippen molar-refractivity contribution in [2.45, 2.75) is 11.9 Å². The smallest absolute Gasteiger partial charge is 0.150 e. The van der Waals surface area contributed by atoms with Crippen molar-refractivity contribution in [3.8, 4) is 11.5 Å². The minimum Gasteiger partial charge on any atom is -0.497 e. The number of halogens is 1. The lowest BCUT2D eigenvalue weighted by molar-refractivity contribution is 0.313. The number of rotatable bonds is 3. The molecule has 0 aromatic heterocycles. The molecule has 0 aliphatic carbocycles. The zero-order valence-corrected chi connectivity index (χ0v) is 8.67. The van der Waals surface area contributed by atoms with Gasteiger partial charge in [-0.05, 0) is 47.1 Å². The summed E-state index contributed by atoms with van der Waals surface area (Å²) in [5, 5.41) is 0.0332. The Morgan fingerprint density at radius 1 is 1.17 bits per heavy atom. The van der Waals surface area contributed by atoms with Gasteiger partial charge in [-0.2, -0.15) is 0 Å². The van der Waals surface area contributed by atoms with Crippen LogP contribution in [0.5, 0.6) is 11.5 Å². The fourth-order valence-electron chi connectivity index (χ4n) is 0.842. The normalized spacial score (nSPS) is 12.2. The van der Waals surface area contributed by atoms with Crippen LogP contribution in [0.25, 0.3) is 0 Å². The zero-order valence-electron chi connectivity index (χ0n) is 7.08. The van der Waals surface area contributed by atoms with Crippen molar-refractivity contribution in [1.29, 1.82) is 0 Å². The lowest BCUT2D eigenvalue weighted by atomic mass is 10.3. The first-order valence-corrected chi connectivity index (χ1v) is 4.58. The topological polar surface area (TPSA) is 18.5 Å². The van der Waals surface area contributed by atoms with Crippen LogP contribution in [0, 0.1) is 0 Å². The maximum absolute atomic E-state index is 5.37. The highest BCUT2D eigenvalue weighted by Crippen LogP contribution is 2.18. The molecule has 0 aliphatic rings. The van der Waals surface area contributed by atoms with Gasteiger partial charge in [-0.1, -0.05) is 0 Å². The quantitative estimate of drug-likeness (QED) is 0.744. The third-order valence-corrected chi connectivity index (χ3v) is 1.54. The van der Waals surface area contributed by atoms with E-state index in [2.05, 4.69) is 15.9 Å². The lowest BCUT2D eigenvalue weighted by Crippen LogP contribution is -2.01. The fourth-order valence-corrected chi connectivity index (χ4v) is 1.06. The molecule has 0 radical (unpaired) electrons. The summed E-state index contributed by atoms with van der Waals surface area (Å²) >= 11 is 3.29. The molecular weight excluding hydrogens is 220 g/mol. The van der Waals surface area contributed by atoms with E-state index in [1.807, 2.05) is 31.2 Å². The molecule has 0 spiro atoms. The third-order valence-electron chi connectivity index (χ3n) is 1.36. The highest BCUT2D eigenvalue weighted by atomic mass is 79.9. The maximum atomic E-state index is 5.37. The molecular formula is C9H11BrO2. The Morgan fingerprint density at radius 3 is 2.08 bits per heavy atom. The van der Waals surface area contributed by atoms with Crippen molar-refractivity contribution in [2.24, 2.45) is 0 Å². The van der Waals surface area contributed by atoms with Crippen LogP contribution < -0.4 is 9.47 Å². The van der Waals surface area contributed by atoms with E-state index in [4.69, 9.17) is 9.47 Å². The second-order valence-electron chi connectivity index (χ2n) is 2.34. The van der Waals surface area contributed by atoms with Crippen LogP contribution in [0.15, 0.2) is 24.3 Å². The second kappa shape index (κ2) is 4.36. The van der Waals surface area contributed by atoms with Crippen molar-refractivity contribution in [3.05, 3.63) is 24.3 Å². The molecule has 1 atom stereocenters. The minimum atomic E-state index is 0.0332. The molecule has 0 saturated heterocycles. The standard InChI is InChI=1S/C9H11BrO2/c1-7(10)12-9-5-3-8(11-2)4-6-9/h3-7H,1-2H3. The van der Waals surface area contributed by atoms with Gasteiger partial charge in [0.2, 0.25) is 0 Å². The van der Waals surface area contributed by atoms with Crippen LogP contribution in [0.3, 0.4) is 0 Å². The van der Waals surface area contributed by atoms with E-state index in [9.17, 15) is 0 Å². The lowest BCUT2D eigenvalue weighted by Gasteiger charge is -2.08. The van der Waals surface area contributed by atoms with Gasteiger partial charge >= 0.3 is 0 Å². The fraction of sp³-hybridized carbons (Fsp3) is 0.333. The Bertz CT molecular complexity index is 231. The monoisotopic (exact) mass is 230 g/mol. The molecule has 0 heterocycles. The van der Waals surface area contributed by atoms with Crippen LogP contribution >= 0.6 is 15.9 Å². The van der Waals surface area contributed by atoms with Crippen LogP contribution in [-0.2, 0) is 0 Å². The summed E-state index contributed by atoms with van der Waals surface area (Å²) in [5.74, 6) is 1.67. The third kappa shape index (κ3) is 2.74. The van der Waals surface area contributed by atoms with Crippen LogP contribution in [0.1, 0.15) is 6.92 Å². The number of ether oxygens (including phenoxy) is 2. The first-order valence-electron chi connectivity index (χ1n) is 3.67. The number of alkyl halides is 1. The van der Waals surface area contributed by atoms with Crippen molar-refractivity contribution >= 4 is 15.9 Å². The molecule has 0 fully saturated rings. The molecule has 0 bridgehead atoms. The van der Waals surface area contributed by atoms with E-state index < -0.39 is 0 Å². The Labute approximate surface area is 80.6 Å². The van der Waals surface area contributed by atoms with E-state index in [1.54, 1.807) is 7.11 Å². The molecule has 1 rings (SSSR count). The summed E-state index contributed by atoms with van der Waals surface area (Å²) in [6, 6.07) is 7.47. The molecule has 66 valence electrons. The number of hydrogen-bond acceptors (Lipinski definition) is 2. The first kappa shape index (κ1) is 9.39. The van der Waals surface area contributed by atoms with E-state index in [-0.39, 0.29) is 5.01 Å². The molecule has 0 amide bonds. The molecule has 12 heavy (non-hydrogen) atoms. The minimum absolute atomic E-state index is 0.0332. The Hall–Kier alpha value is -0.700. The van der Waals surface area contributed by atoms with Crippen molar-refractivity contribution in [1.82, 2.24) is 0 Å². The van der Waals surface area contributed by atoms with E-state index >= 15 is 0 Å². The largest absolute Gasteiger partial charge is 0.497 e. The molecule has 0 N–H and O–H groups in total. The summed E-state index contributed by atoms with van der Waals surface area (Å²) in [4.78, 5) is 0. The van der Waals surface area contributed by atoms with Crippen molar-refractivity contribution in [2.75, 3.05) is 7.11 Å². The molecule has 2 nitrogen and oxygen atoms in total. The van der Waals surface area contributed by atoms with Gasteiger partial charge in [-0.25, -0.2) is 0 Å². The predicted molar refractivity (Wildman–Crippen MR) is 52.0 cm³/mol. The molecule has 1 aromatic carbocycles. The zero-order chi connectivity index (χ0) is 8.97. The average molecular weight is 231 g/mol. The van der Waals surface area contributed by atoms with Crippen molar-refractivity contribution in [3.63, 3.8) is 0 Å². The van der Waals surface area contributed by atoms with Gasteiger partial charge in [-0.3, -0.25) is 0 Å².